The van der Waals surface area contributed by atoms with Gasteiger partial charge in [0.15, 0.2) is 5.13 Å². The Morgan fingerprint density at radius 2 is 2.29 bits per heavy atom. The predicted molar refractivity (Wildman–Crippen MR) is 58.4 cm³/mol. The predicted octanol–water partition coefficient (Wildman–Crippen LogP) is 1.64. The SMILES string of the molecule is CCC(CC)NC(=O)c1csc(N)n1. The summed E-state index contributed by atoms with van der Waals surface area (Å²) in [5, 5.41) is 5.00. The zero-order valence-electron chi connectivity index (χ0n) is 8.41. The number of carbonyl (C=O) groups is 1. The molecule has 4 nitrogen and oxygen atoms in total. The molecule has 0 spiro atoms. The van der Waals surface area contributed by atoms with Crippen molar-refractivity contribution in [2.45, 2.75) is 32.7 Å². The zero-order chi connectivity index (χ0) is 10.6. The van der Waals surface area contributed by atoms with E-state index >= 15 is 0 Å². The highest BCUT2D eigenvalue weighted by atomic mass is 32.1. The first kappa shape index (κ1) is 11.0. The summed E-state index contributed by atoms with van der Waals surface area (Å²) in [5.74, 6) is -0.133. The van der Waals surface area contributed by atoms with Crippen LogP contribution in [0.15, 0.2) is 5.38 Å². The molecule has 1 rings (SSSR count). The van der Waals surface area contributed by atoms with E-state index in [9.17, 15) is 4.79 Å². The molecule has 0 aliphatic rings. The summed E-state index contributed by atoms with van der Waals surface area (Å²) in [6.07, 6.45) is 1.86. The van der Waals surface area contributed by atoms with E-state index in [4.69, 9.17) is 5.73 Å². The van der Waals surface area contributed by atoms with Crippen LogP contribution in [0.3, 0.4) is 0 Å². The number of thiazole rings is 1. The Labute approximate surface area is 87.5 Å². The highest BCUT2D eigenvalue weighted by Gasteiger charge is 2.12. The summed E-state index contributed by atoms with van der Waals surface area (Å²) >= 11 is 1.28. The van der Waals surface area contributed by atoms with Gasteiger partial charge in [0.05, 0.1) is 0 Å². The Balaban J connectivity index is 2.58. The van der Waals surface area contributed by atoms with Gasteiger partial charge in [0, 0.05) is 11.4 Å². The van der Waals surface area contributed by atoms with Crippen molar-refractivity contribution in [2.24, 2.45) is 0 Å². The van der Waals surface area contributed by atoms with Crippen LogP contribution in [-0.4, -0.2) is 16.9 Å². The minimum Gasteiger partial charge on any atom is -0.375 e. The van der Waals surface area contributed by atoms with Gasteiger partial charge in [-0.25, -0.2) is 4.98 Å². The lowest BCUT2D eigenvalue weighted by Gasteiger charge is -2.13. The first-order chi connectivity index (χ1) is 6.67. The summed E-state index contributed by atoms with van der Waals surface area (Å²) < 4.78 is 0. The van der Waals surface area contributed by atoms with E-state index in [1.165, 1.54) is 11.3 Å². The first-order valence-corrected chi connectivity index (χ1v) is 5.57. The number of aromatic nitrogens is 1. The first-order valence-electron chi connectivity index (χ1n) is 4.69. The van der Waals surface area contributed by atoms with Crippen molar-refractivity contribution in [2.75, 3.05) is 5.73 Å². The third-order valence-electron chi connectivity index (χ3n) is 2.08. The number of hydrogen-bond acceptors (Lipinski definition) is 4. The number of nitrogen functional groups attached to an aromatic ring is 1. The second-order valence-corrected chi connectivity index (χ2v) is 3.95. The molecule has 1 aromatic heterocycles. The Morgan fingerprint density at radius 1 is 1.64 bits per heavy atom. The average molecular weight is 213 g/mol. The Kier molecular flexibility index (Phi) is 3.88. The molecule has 0 aliphatic carbocycles. The quantitative estimate of drug-likeness (QED) is 0.799. The van der Waals surface area contributed by atoms with Gasteiger partial charge in [-0.3, -0.25) is 4.79 Å². The number of amides is 1. The maximum atomic E-state index is 11.6. The molecule has 0 unspecified atom stereocenters. The molecule has 0 saturated carbocycles. The second kappa shape index (κ2) is 4.95. The molecule has 0 fully saturated rings. The van der Waals surface area contributed by atoms with Gasteiger partial charge in [-0.2, -0.15) is 0 Å². The molecule has 0 atom stereocenters. The monoisotopic (exact) mass is 213 g/mol. The van der Waals surface area contributed by atoms with Crippen LogP contribution in [0.4, 0.5) is 5.13 Å². The normalized spacial score (nSPS) is 10.5. The molecule has 0 radical (unpaired) electrons. The number of anilines is 1. The molecule has 1 aromatic rings. The molecule has 3 N–H and O–H groups in total. The van der Waals surface area contributed by atoms with Gasteiger partial charge in [-0.1, -0.05) is 13.8 Å². The van der Waals surface area contributed by atoms with E-state index in [1.54, 1.807) is 5.38 Å². The molecule has 0 saturated heterocycles. The third-order valence-corrected chi connectivity index (χ3v) is 2.75. The Hall–Kier alpha value is -1.10. The third kappa shape index (κ3) is 2.70. The molecule has 0 aromatic carbocycles. The van der Waals surface area contributed by atoms with E-state index in [0.717, 1.165) is 12.8 Å². The summed E-state index contributed by atoms with van der Waals surface area (Å²) in [6.45, 7) is 4.09. The summed E-state index contributed by atoms with van der Waals surface area (Å²) in [5.41, 5.74) is 5.86. The van der Waals surface area contributed by atoms with Gasteiger partial charge in [0.25, 0.3) is 5.91 Å². The molecule has 0 aliphatic heterocycles. The van der Waals surface area contributed by atoms with Crippen LogP contribution in [0.5, 0.6) is 0 Å². The van der Waals surface area contributed by atoms with Crippen molar-refractivity contribution in [3.63, 3.8) is 0 Å². The number of nitrogens with two attached hydrogens (primary N) is 1. The van der Waals surface area contributed by atoms with Crippen molar-refractivity contribution < 1.29 is 4.79 Å². The fraction of sp³-hybridized carbons (Fsp3) is 0.556. The standard InChI is InChI=1S/C9H15N3OS/c1-3-6(4-2)11-8(13)7-5-14-9(10)12-7/h5-6H,3-4H2,1-2H3,(H2,10,12)(H,11,13). The van der Waals surface area contributed by atoms with Crippen molar-refractivity contribution in [1.82, 2.24) is 10.3 Å². The van der Waals surface area contributed by atoms with Crippen molar-refractivity contribution >= 4 is 22.4 Å². The number of hydrogen-bond donors (Lipinski definition) is 2. The molecule has 78 valence electrons. The molecule has 0 bridgehead atoms. The summed E-state index contributed by atoms with van der Waals surface area (Å²) in [4.78, 5) is 15.5. The van der Waals surface area contributed by atoms with Crippen molar-refractivity contribution in [1.29, 1.82) is 0 Å². The lowest BCUT2D eigenvalue weighted by Crippen LogP contribution is -2.33. The van der Waals surface area contributed by atoms with Gasteiger partial charge in [-0.05, 0) is 12.8 Å². The molecule has 5 heteroatoms. The van der Waals surface area contributed by atoms with Gasteiger partial charge >= 0.3 is 0 Å². The number of carbonyl (C=O) groups excluding carboxylic acids is 1. The summed E-state index contributed by atoms with van der Waals surface area (Å²) in [6, 6.07) is 0.227. The van der Waals surface area contributed by atoms with Crippen LogP contribution in [-0.2, 0) is 0 Å². The lowest BCUT2D eigenvalue weighted by molar-refractivity contribution is 0.0930. The van der Waals surface area contributed by atoms with Crippen LogP contribution >= 0.6 is 11.3 Å². The Bertz CT molecular complexity index is 307. The highest BCUT2D eigenvalue weighted by molar-refractivity contribution is 7.13. The lowest BCUT2D eigenvalue weighted by atomic mass is 10.2. The van der Waals surface area contributed by atoms with Crippen LogP contribution in [0.25, 0.3) is 0 Å². The molecule has 1 heterocycles. The largest absolute Gasteiger partial charge is 0.375 e. The van der Waals surface area contributed by atoms with Crippen LogP contribution in [0.1, 0.15) is 37.2 Å². The maximum Gasteiger partial charge on any atom is 0.271 e. The minimum atomic E-state index is -0.133. The molecule has 14 heavy (non-hydrogen) atoms. The average Bonchev–Trinajstić information content (AvgIpc) is 2.61. The molecular weight excluding hydrogens is 198 g/mol. The van der Waals surface area contributed by atoms with Crippen molar-refractivity contribution in [3.05, 3.63) is 11.1 Å². The van der Waals surface area contributed by atoms with Crippen LogP contribution in [0, 0.1) is 0 Å². The van der Waals surface area contributed by atoms with Gasteiger partial charge in [-0.15, -0.1) is 11.3 Å². The van der Waals surface area contributed by atoms with E-state index < -0.39 is 0 Å². The van der Waals surface area contributed by atoms with E-state index in [1.807, 2.05) is 13.8 Å². The van der Waals surface area contributed by atoms with Gasteiger partial charge in [0.1, 0.15) is 5.69 Å². The number of nitrogens with one attached hydrogen (secondary N) is 1. The minimum absolute atomic E-state index is 0.133. The van der Waals surface area contributed by atoms with E-state index in [0.29, 0.717) is 10.8 Å². The highest BCUT2D eigenvalue weighted by Crippen LogP contribution is 2.11. The van der Waals surface area contributed by atoms with E-state index in [-0.39, 0.29) is 11.9 Å². The van der Waals surface area contributed by atoms with Gasteiger partial charge in [0.2, 0.25) is 0 Å². The topological polar surface area (TPSA) is 68.0 Å². The molecular formula is C9H15N3OS. The van der Waals surface area contributed by atoms with Crippen LogP contribution < -0.4 is 11.1 Å². The fourth-order valence-electron chi connectivity index (χ4n) is 1.14. The number of nitrogens with zero attached hydrogens (tertiary/aromatic N) is 1. The summed E-state index contributed by atoms with van der Waals surface area (Å²) in [7, 11) is 0. The maximum absolute atomic E-state index is 11.6. The fourth-order valence-corrected chi connectivity index (χ4v) is 1.69. The zero-order valence-corrected chi connectivity index (χ0v) is 9.23. The Morgan fingerprint density at radius 3 is 2.71 bits per heavy atom. The molecule has 1 amide bonds. The van der Waals surface area contributed by atoms with Crippen LogP contribution in [0.2, 0.25) is 0 Å². The van der Waals surface area contributed by atoms with Gasteiger partial charge < -0.3 is 11.1 Å². The van der Waals surface area contributed by atoms with Crippen molar-refractivity contribution in [3.8, 4) is 0 Å². The number of rotatable bonds is 4. The smallest absolute Gasteiger partial charge is 0.271 e. The van der Waals surface area contributed by atoms with E-state index in [2.05, 4.69) is 10.3 Å². The second-order valence-electron chi connectivity index (χ2n) is 3.06.